The molecular weight excluding hydrogens is 352 g/mol. The van der Waals surface area contributed by atoms with Gasteiger partial charge in [0.05, 0.1) is 18.3 Å². The third-order valence-corrected chi connectivity index (χ3v) is 6.25. The summed E-state index contributed by atoms with van der Waals surface area (Å²) in [5.74, 6) is 0.262. The van der Waals surface area contributed by atoms with Gasteiger partial charge in [0.25, 0.3) is 0 Å². The summed E-state index contributed by atoms with van der Waals surface area (Å²) in [6.07, 6.45) is 11.1. The van der Waals surface area contributed by atoms with E-state index in [0.717, 1.165) is 43.2 Å². The van der Waals surface area contributed by atoms with E-state index < -0.39 is 12.1 Å². The van der Waals surface area contributed by atoms with Crippen LogP contribution in [0, 0.1) is 11.8 Å². The maximum Gasteiger partial charge on any atom is 0.303 e. The standard InChI is InChI=1S/C24H32O4/c1-17(18-9-5-4-6-10-18)21(25)14-13-20-19(22-15-16-23(20)28-22)11-7-2-3-8-12-24(26)27/h2,4-7,9-10,19-23,25H,1,3,8,11-16H2,(H,26,27)/b7-2+/t19-,20+,21?,22?,23?/m1/s1. The lowest BCUT2D eigenvalue weighted by atomic mass is 9.74. The molecule has 0 saturated carbocycles. The van der Waals surface area contributed by atoms with Crippen LogP contribution >= 0.6 is 0 Å². The summed E-state index contributed by atoms with van der Waals surface area (Å²) in [4.78, 5) is 10.6. The number of unbranched alkanes of at least 4 members (excludes halogenated alkanes) is 1. The number of aliphatic carboxylic acids is 1. The molecule has 5 atom stereocenters. The van der Waals surface area contributed by atoms with Crippen molar-refractivity contribution in [2.45, 2.75) is 69.7 Å². The van der Waals surface area contributed by atoms with Crippen molar-refractivity contribution >= 4 is 11.5 Å². The van der Waals surface area contributed by atoms with E-state index in [4.69, 9.17) is 9.84 Å². The molecule has 2 aliphatic heterocycles. The Labute approximate surface area is 167 Å². The van der Waals surface area contributed by atoms with E-state index in [9.17, 15) is 9.90 Å². The summed E-state index contributed by atoms with van der Waals surface area (Å²) in [6, 6.07) is 9.88. The summed E-state index contributed by atoms with van der Waals surface area (Å²) in [5, 5.41) is 19.3. The molecule has 2 saturated heterocycles. The maximum absolute atomic E-state index is 10.6. The van der Waals surface area contributed by atoms with Crippen LogP contribution in [0.25, 0.3) is 5.57 Å². The van der Waals surface area contributed by atoms with Crippen molar-refractivity contribution in [3.05, 3.63) is 54.6 Å². The Morgan fingerprint density at radius 2 is 1.89 bits per heavy atom. The quantitative estimate of drug-likeness (QED) is 0.423. The number of hydrogen-bond acceptors (Lipinski definition) is 3. The minimum Gasteiger partial charge on any atom is -0.481 e. The minimum absolute atomic E-state index is 0.230. The van der Waals surface area contributed by atoms with Gasteiger partial charge >= 0.3 is 5.97 Å². The Morgan fingerprint density at radius 1 is 1.18 bits per heavy atom. The summed E-state index contributed by atoms with van der Waals surface area (Å²) < 4.78 is 6.17. The first-order valence-corrected chi connectivity index (χ1v) is 10.5. The molecule has 2 N–H and O–H groups in total. The molecule has 1 aromatic rings. The van der Waals surface area contributed by atoms with E-state index in [0.29, 0.717) is 36.9 Å². The van der Waals surface area contributed by atoms with E-state index in [1.165, 1.54) is 0 Å². The molecule has 0 amide bonds. The molecule has 1 aromatic carbocycles. The van der Waals surface area contributed by atoms with E-state index in [1.807, 2.05) is 30.3 Å². The van der Waals surface area contributed by atoms with Gasteiger partial charge in [-0.15, -0.1) is 0 Å². The molecule has 2 fully saturated rings. The number of carbonyl (C=O) groups is 1. The highest BCUT2D eigenvalue weighted by molar-refractivity contribution is 5.66. The van der Waals surface area contributed by atoms with Crippen molar-refractivity contribution in [3.8, 4) is 0 Å². The zero-order chi connectivity index (χ0) is 19.9. The van der Waals surface area contributed by atoms with E-state index >= 15 is 0 Å². The summed E-state index contributed by atoms with van der Waals surface area (Å²) >= 11 is 0. The third kappa shape index (κ3) is 5.33. The fourth-order valence-electron chi connectivity index (χ4n) is 4.71. The lowest BCUT2D eigenvalue weighted by Gasteiger charge is -2.28. The van der Waals surface area contributed by atoms with E-state index in [1.54, 1.807) is 0 Å². The summed E-state index contributed by atoms with van der Waals surface area (Å²) in [7, 11) is 0. The van der Waals surface area contributed by atoms with Gasteiger partial charge in [0.1, 0.15) is 0 Å². The van der Waals surface area contributed by atoms with Crippen molar-refractivity contribution < 1.29 is 19.7 Å². The number of benzene rings is 1. The predicted octanol–water partition coefficient (Wildman–Crippen LogP) is 4.84. The molecule has 152 valence electrons. The van der Waals surface area contributed by atoms with Gasteiger partial charge in [0.2, 0.25) is 0 Å². The monoisotopic (exact) mass is 384 g/mol. The number of carboxylic acid groups (broad SMARTS) is 1. The van der Waals surface area contributed by atoms with Crippen LogP contribution in [0.1, 0.15) is 56.9 Å². The van der Waals surface area contributed by atoms with Crippen LogP contribution in [-0.2, 0) is 9.53 Å². The van der Waals surface area contributed by atoms with Crippen LogP contribution in [0.4, 0.5) is 0 Å². The number of aliphatic hydroxyl groups excluding tert-OH is 1. The minimum atomic E-state index is -0.731. The van der Waals surface area contributed by atoms with Crippen LogP contribution < -0.4 is 0 Å². The number of rotatable bonds is 11. The van der Waals surface area contributed by atoms with Crippen LogP contribution in [0.5, 0.6) is 0 Å². The molecule has 0 aromatic heterocycles. The summed E-state index contributed by atoms with van der Waals surface area (Å²) in [5.41, 5.74) is 1.79. The fourth-order valence-corrected chi connectivity index (χ4v) is 4.71. The average molecular weight is 385 g/mol. The Bertz CT molecular complexity index is 681. The number of fused-ring (bicyclic) bond motifs is 2. The molecule has 3 rings (SSSR count). The maximum atomic E-state index is 10.6. The van der Waals surface area contributed by atoms with Crippen molar-refractivity contribution in [2.24, 2.45) is 11.8 Å². The number of carboxylic acids is 1. The largest absolute Gasteiger partial charge is 0.481 e. The van der Waals surface area contributed by atoms with E-state index in [-0.39, 0.29) is 6.42 Å². The molecule has 2 bridgehead atoms. The SMILES string of the molecule is C=C(c1ccccc1)C(O)CC[C@@H]1C2CCC(O2)[C@@H]1C/C=C/CCCC(=O)O. The van der Waals surface area contributed by atoms with Crippen LogP contribution in [0.15, 0.2) is 49.1 Å². The molecule has 0 spiro atoms. The Hall–Kier alpha value is -1.91. The zero-order valence-corrected chi connectivity index (χ0v) is 16.5. The average Bonchev–Trinajstić information content (AvgIpc) is 3.30. The molecule has 4 heteroatoms. The third-order valence-electron chi connectivity index (χ3n) is 6.25. The highest BCUT2D eigenvalue weighted by Gasteiger charge is 2.47. The summed E-state index contributed by atoms with van der Waals surface area (Å²) in [6.45, 7) is 4.09. The van der Waals surface area contributed by atoms with Crippen molar-refractivity contribution in [1.82, 2.24) is 0 Å². The highest BCUT2D eigenvalue weighted by Crippen LogP contribution is 2.47. The zero-order valence-electron chi connectivity index (χ0n) is 16.5. The molecule has 4 nitrogen and oxygen atoms in total. The first kappa shape index (κ1) is 20.8. The van der Waals surface area contributed by atoms with Crippen molar-refractivity contribution in [1.29, 1.82) is 0 Å². The number of ether oxygens (including phenoxy) is 1. The van der Waals surface area contributed by atoms with Crippen LogP contribution in [0.2, 0.25) is 0 Å². The second-order valence-electron chi connectivity index (χ2n) is 8.10. The van der Waals surface area contributed by atoms with Crippen molar-refractivity contribution in [3.63, 3.8) is 0 Å². The molecule has 2 heterocycles. The van der Waals surface area contributed by atoms with Gasteiger partial charge in [0, 0.05) is 6.42 Å². The number of allylic oxidation sites excluding steroid dienone is 2. The van der Waals surface area contributed by atoms with Gasteiger partial charge in [-0.25, -0.2) is 0 Å². The Morgan fingerprint density at radius 3 is 2.61 bits per heavy atom. The smallest absolute Gasteiger partial charge is 0.303 e. The molecule has 28 heavy (non-hydrogen) atoms. The lowest BCUT2D eigenvalue weighted by Crippen LogP contribution is -2.28. The topological polar surface area (TPSA) is 66.8 Å². The van der Waals surface area contributed by atoms with E-state index in [2.05, 4.69) is 18.7 Å². The molecule has 0 radical (unpaired) electrons. The molecular formula is C24H32O4. The van der Waals surface area contributed by atoms with Crippen LogP contribution in [-0.4, -0.2) is 34.5 Å². The highest BCUT2D eigenvalue weighted by atomic mass is 16.5. The van der Waals surface area contributed by atoms with Gasteiger partial charge < -0.3 is 14.9 Å². The molecule has 0 aliphatic carbocycles. The first-order chi connectivity index (χ1) is 13.6. The van der Waals surface area contributed by atoms with Gasteiger partial charge in [-0.05, 0) is 67.9 Å². The second kappa shape index (κ2) is 10.0. The normalized spacial score (nSPS) is 27.3. The Balaban J connectivity index is 1.48. The first-order valence-electron chi connectivity index (χ1n) is 10.5. The molecule has 2 aliphatic rings. The van der Waals surface area contributed by atoms with Gasteiger partial charge in [0.15, 0.2) is 0 Å². The van der Waals surface area contributed by atoms with Crippen LogP contribution in [0.3, 0.4) is 0 Å². The second-order valence-corrected chi connectivity index (χ2v) is 8.10. The lowest BCUT2D eigenvalue weighted by molar-refractivity contribution is -0.137. The fraction of sp³-hybridized carbons (Fsp3) is 0.542. The number of aliphatic hydroxyl groups is 1. The predicted molar refractivity (Wildman–Crippen MR) is 111 cm³/mol. The van der Waals surface area contributed by atoms with Gasteiger partial charge in [-0.3, -0.25) is 4.79 Å². The van der Waals surface area contributed by atoms with Crippen molar-refractivity contribution in [2.75, 3.05) is 0 Å². The van der Waals surface area contributed by atoms with Gasteiger partial charge in [-0.1, -0.05) is 49.1 Å². The molecule has 3 unspecified atom stereocenters. The van der Waals surface area contributed by atoms with Gasteiger partial charge in [-0.2, -0.15) is 0 Å². The number of hydrogen-bond donors (Lipinski definition) is 2. The Kier molecular flexibility index (Phi) is 7.46.